The molecule has 6 aliphatic rings. The average molecular weight is 1440 g/mol. The van der Waals surface area contributed by atoms with Gasteiger partial charge in [0.1, 0.15) is 76.3 Å². The van der Waals surface area contributed by atoms with E-state index in [0.29, 0.717) is 75.4 Å². The van der Waals surface area contributed by atoms with E-state index in [1.54, 1.807) is 21.7 Å². The van der Waals surface area contributed by atoms with Gasteiger partial charge in [0.25, 0.3) is 0 Å². The number of piperazine rings is 3. The molecular formula is C83H95N19O5. The Kier molecular flexibility index (Phi) is 20.1. The van der Waals surface area contributed by atoms with Gasteiger partial charge in [-0.15, -0.1) is 0 Å². The zero-order valence-electron chi connectivity index (χ0n) is 61.0. The molecule has 0 radical (unpaired) electrons. The lowest BCUT2D eigenvalue weighted by atomic mass is 9.89. The molecule has 3 aliphatic heterocycles. The number of aromatic nitrogens is 10. The third-order valence-corrected chi connectivity index (χ3v) is 23.8. The van der Waals surface area contributed by atoms with Gasteiger partial charge in [0.15, 0.2) is 11.5 Å². The molecule has 11 aromatic rings. The first-order valence-corrected chi connectivity index (χ1v) is 38.5. The summed E-state index contributed by atoms with van der Waals surface area (Å²) in [4.78, 5) is 67.3. The van der Waals surface area contributed by atoms with Gasteiger partial charge in [0.05, 0.1) is 27.8 Å². The summed E-state index contributed by atoms with van der Waals surface area (Å²) >= 11 is 0. The summed E-state index contributed by atoms with van der Waals surface area (Å²) in [6.45, 7) is 14.2. The summed E-state index contributed by atoms with van der Waals surface area (Å²) in [5, 5.41) is 0.826. The number of para-hydroxylation sites is 2. The van der Waals surface area contributed by atoms with E-state index in [1.807, 2.05) is 112 Å². The van der Waals surface area contributed by atoms with Crippen molar-refractivity contribution in [2.24, 2.45) is 0 Å². The lowest BCUT2D eigenvalue weighted by Gasteiger charge is -2.42. The van der Waals surface area contributed by atoms with Crippen LogP contribution in [-0.2, 0) is 13.1 Å². The minimum Gasteiger partial charge on any atom is -0.481 e. The van der Waals surface area contributed by atoms with E-state index in [2.05, 4.69) is 109 Å². The highest BCUT2D eigenvalue weighted by atomic mass is 16.5. The second-order valence-corrected chi connectivity index (χ2v) is 30.1. The highest BCUT2D eigenvalue weighted by Gasteiger charge is 2.36. The molecule has 552 valence electrons. The first-order valence-electron chi connectivity index (χ1n) is 38.5. The van der Waals surface area contributed by atoms with E-state index in [4.69, 9.17) is 36.4 Å². The van der Waals surface area contributed by atoms with Crippen molar-refractivity contribution in [3.63, 3.8) is 0 Å². The number of imidazole rings is 2. The molecule has 6 aromatic heterocycles. The number of benzene rings is 5. The van der Waals surface area contributed by atoms with Crippen molar-refractivity contribution in [3.05, 3.63) is 196 Å². The van der Waals surface area contributed by atoms with Crippen LogP contribution in [-0.4, -0.2) is 187 Å². The van der Waals surface area contributed by atoms with Crippen LogP contribution in [0.25, 0.3) is 44.6 Å². The van der Waals surface area contributed by atoms with Crippen LogP contribution in [0.4, 0.5) is 17.5 Å². The summed E-state index contributed by atoms with van der Waals surface area (Å²) in [5.41, 5.74) is 27.3. The fourth-order valence-corrected chi connectivity index (χ4v) is 18.0. The summed E-state index contributed by atoms with van der Waals surface area (Å²) < 4.78 is 28.5. The highest BCUT2D eigenvalue weighted by molar-refractivity contribution is 5.92. The van der Waals surface area contributed by atoms with E-state index in [-0.39, 0.29) is 35.9 Å². The van der Waals surface area contributed by atoms with Gasteiger partial charge in [-0.3, -0.25) is 42.8 Å². The van der Waals surface area contributed by atoms with Crippen LogP contribution in [0.5, 0.6) is 28.7 Å². The van der Waals surface area contributed by atoms with Crippen LogP contribution >= 0.6 is 0 Å². The quantitative estimate of drug-likeness (QED) is 0.0676. The van der Waals surface area contributed by atoms with Crippen molar-refractivity contribution in [3.8, 4) is 52.0 Å². The largest absolute Gasteiger partial charge is 0.481 e. The number of hydrogen-bond donors (Lipinski definition) is 3. The van der Waals surface area contributed by atoms with Gasteiger partial charge in [-0.1, -0.05) is 60.4 Å². The molecular weight excluding hydrogens is 1340 g/mol. The molecule has 6 N–H and O–H groups in total. The van der Waals surface area contributed by atoms with Gasteiger partial charge in [-0.2, -0.15) is 0 Å². The van der Waals surface area contributed by atoms with Gasteiger partial charge in [-0.25, -0.2) is 34.5 Å². The number of nitrogens with two attached hydrogens (primary N) is 3. The lowest BCUT2D eigenvalue weighted by molar-refractivity contribution is 0.0680. The lowest BCUT2D eigenvalue weighted by Crippen LogP contribution is -2.51. The molecule has 3 saturated carbocycles. The summed E-state index contributed by atoms with van der Waals surface area (Å²) in [6, 6.07) is 45.4. The Labute approximate surface area is 622 Å². The summed E-state index contributed by atoms with van der Waals surface area (Å²) in [7, 11) is 2.22. The Morgan fingerprint density at radius 2 is 0.972 bits per heavy atom. The number of rotatable bonds is 18. The second kappa shape index (κ2) is 30.8. The van der Waals surface area contributed by atoms with E-state index in [1.165, 1.54) is 24.7 Å². The molecule has 0 bridgehead atoms. The van der Waals surface area contributed by atoms with E-state index in [0.717, 1.165) is 201 Å². The molecule has 0 spiro atoms. The van der Waals surface area contributed by atoms with Crippen LogP contribution < -0.4 is 42.8 Å². The maximum absolute atomic E-state index is 14.9. The van der Waals surface area contributed by atoms with Gasteiger partial charge in [0, 0.05) is 146 Å². The Morgan fingerprint density at radius 3 is 1.63 bits per heavy atom. The van der Waals surface area contributed by atoms with Crippen molar-refractivity contribution in [2.45, 2.75) is 126 Å². The van der Waals surface area contributed by atoms with Gasteiger partial charge in [-0.05, 0) is 175 Å². The monoisotopic (exact) mass is 1440 g/mol. The van der Waals surface area contributed by atoms with Crippen LogP contribution in [0.2, 0.25) is 0 Å². The number of fused-ring (bicyclic) bond motifs is 3. The standard InChI is InChI=1S/C83H95N19O5/c1-92-38-44-95(45-39-92)60-16-22-63(23-17-60)98-54-59(74-77(84)88-55-90-80(74)98)11-8-50-105-71-14-7-9-57(51-71)52-93-40-46-96(47-41-93)61-18-24-64(25-19-61)99-72-36-37-87-78(85)75(72)100(82(99)103)65-30-34-70(35-31-65)107-73-15-6-5-10-58(73)53-94-42-48-97(49-43-94)62-20-26-67(27-21-62)102-81-76(79(86)89-56-91-81)101(83(102)104)66-28-32-69(33-29-66)106-68-12-3-2-4-13-68/h2-7,9-10,12-15,28-37,51,54-56,60-64,67H,16-27,38-50,52-53H2,1H3,(H2,85,87)(H2,84,88,90)(H2,86,89,91). The predicted octanol–water partition coefficient (Wildman–Crippen LogP) is 10.9. The molecule has 0 atom stereocenters. The molecule has 5 aromatic carbocycles. The van der Waals surface area contributed by atoms with Crippen LogP contribution in [0.15, 0.2) is 168 Å². The van der Waals surface area contributed by atoms with E-state index < -0.39 is 0 Å². The van der Waals surface area contributed by atoms with Crippen LogP contribution in [0.1, 0.15) is 112 Å². The van der Waals surface area contributed by atoms with Crippen molar-refractivity contribution in [1.29, 1.82) is 0 Å². The van der Waals surface area contributed by atoms with E-state index >= 15 is 0 Å². The van der Waals surface area contributed by atoms with Crippen molar-refractivity contribution >= 4 is 50.7 Å². The van der Waals surface area contributed by atoms with Gasteiger partial charge >= 0.3 is 11.4 Å². The highest BCUT2D eigenvalue weighted by Crippen LogP contribution is 2.40. The Morgan fingerprint density at radius 1 is 0.458 bits per heavy atom. The molecule has 107 heavy (non-hydrogen) atoms. The fourth-order valence-electron chi connectivity index (χ4n) is 18.0. The Bertz CT molecular complexity index is 5130. The first-order chi connectivity index (χ1) is 52.5. The predicted molar refractivity (Wildman–Crippen MR) is 418 cm³/mol. The zero-order chi connectivity index (χ0) is 72.5. The molecule has 3 saturated heterocycles. The summed E-state index contributed by atoms with van der Waals surface area (Å²) in [5.74, 6) is 11.4. The normalized spacial score (nSPS) is 21.9. The zero-order valence-corrected chi connectivity index (χ0v) is 61.0. The van der Waals surface area contributed by atoms with Crippen LogP contribution in [0.3, 0.4) is 0 Å². The minimum absolute atomic E-state index is 0.0154. The average Bonchev–Trinajstić information content (AvgIpc) is 1.61. The number of nitrogens with zero attached hydrogens (tertiary/aromatic N) is 16. The maximum atomic E-state index is 14.9. The second-order valence-electron chi connectivity index (χ2n) is 30.1. The van der Waals surface area contributed by atoms with Crippen molar-refractivity contribution in [1.82, 2.24) is 77.2 Å². The minimum atomic E-state index is -0.167. The number of ether oxygens (including phenoxy) is 3. The molecule has 6 fully saturated rings. The molecule has 17 rings (SSSR count). The third-order valence-electron chi connectivity index (χ3n) is 23.8. The molecule has 0 amide bonds. The third kappa shape index (κ3) is 14.6. The molecule has 24 heteroatoms. The summed E-state index contributed by atoms with van der Waals surface area (Å²) in [6.07, 6.45) is 18.9. The fraction of sp³-hybridized carbons (Fsp3) is 0.410. The van der Waals surface area contributed by atoms with E-state index in [9.17, 15) is 9.59 Å². The van der Waals surface area contributed by atoms with Crippen molar-refractivity contribution < 1.29 is 14.2 Å². The Balaban J connectivity index is 0.473. The SMILES string of the molecule is CN1CCN(C2CCC(n3cc(C#CCOc4cccc(CN5CCN(C6CCC(n7c(=O)n(-c8ccc(Oc9ccccc9CN9CCN(C%10CCC(n%11c(=O)n(-c%12ccc(Oc%13ccccc%13)cc%12)c%12c(N)ncnc%12%11)CC%10)CC9)cc8)c8c(N)nccc87)CC6)CC5)c4)c4c(N)ncnc43)CC2)CC1. The molecule has 9 heterocycles. The Hall–Kier alpha value is -10.4. The smallest absolute Gasteiger partial charge is 0.335 e. The number of pyridine rings is 1. The van der Waals surface area contributed by atoms with Gasteiger partial charge in [0.2, 0.25) is 0 Å². The molecule has 3 aliphatic carbocycles. The number of nitrogen functional groups attached to an aromatic ring is 3. The maximum Gasteiger partial charge on any atom is 0.335 e. The molecule has 0 unspecified atom stereocenters. The number of anilines is 3. The van der Waals surface area contributed by atoms with Crippen LogP contribution in [0, 0.1) is 11.8 Å². The van der Waals surface area contributed by atoms with Gasteiger partial charge < -0.3 is 40.9 Å². The number of likely N-dealkylation sites (N-methyl/N-ethyl adjacent to an activating group) is 1. The number of hydrogen-bond acceptors (Lipinski definition) is 19. The topological polar surface area (TPSA) is 248 Å². The van der Waals surface area contributed by atoms with Crippen molar-refractivity contribution in [2.75, 3.05) is 109 Å². The first kappa shape index (κ1) is 69.6. The molecule has 24 nitrogen and oxygen atoms in total.